The Hall–Kier alpha value is -2.18. The van der Waals surface area contributed by atoms with Crippen molar-refractivity contribution in [1.82, 2.24) is 19.6 Å². The van der Waals surface area contributed by atoms with Crippen LogP contribution in [0, 0.1) is 0 Å². The van der Waals surface area contributed by atoms with Gasteiger partial charge < -0.3 is 14.9 Å². The lowest BCUT2D eigenvalue weighted by atomic mass is 9.92. The van der Waals surface area contributed by atoms with E-state index in [-0.39, 0.29) is 5.91 Å². The van der Waals surface area contributed by atoms with E-state index in [4.69, 9.17) is 0 Å². The van der Waals surface area contributed by atoms with Gasteiger partial charge in [0.1, 0.15) is 0 Å². The normalized spacial score (nSPS) is 21.2. The lowest BCUT2D eigenvalue weighted by Gasteiger charge is -2.40. The zero-order valence-electron chi connectivity index (χ0n) is 14.2. The van der Waals surface area contributed by atoms with Gasteiger partial charge in [0.25, 0.3) is 5.91 Å². The van der Waals surface area contributed by atoms with Gasteiger partial charge in [0.05, 0.1) is 23.4 Å². The number of para-hydroxylation sites is 1. The standard InChI is InChI=1S/C18H24N4O2/c1-20(2)13-18(24)9-5-11-21(14-18)17(23)15-7-3-4-8-16(15)22-12-6-10-19-22/h3-4,6-8,10,12,24H,5,9,11,13-14H2,1-2H3/t18-/m0/s1. The van der Waals surface area contributed by atoms with Crippen molar-refractivity contribution in [2.75, 3.05) is 33.7 Å². The molecule has 1 aliphatic heterocycles. The predicted molar refractivity (Wildman–Crippen MR) is 92.2 cm³/mol. The Labute approximate surface area is 142 Å². The third-order valence-electron chi connectivity index (χ3n) is 4.34. The molecular formula is C18H24N4O2. The maximum Gasteiger partial charge on any atom is 0.256 e. The molecule has 1 N–H and O–H groups in total. The van der Waals surface area contributed by atoms with E-state index in [9.17, 15) is 9.90 Å². The number of hydrogen-bond donors (Lipinski definition) is 1. The number of piperidine rings is 1. The topological polar surface area (TPSA) is 61.6 Å². The first-order chi connectivity index (χ1) is 11.5. The lowest BCUT2D eigenvalue weighted by Crippen LogP contribution is -2.54. The van der Waals surface area contributed by atoms with Gasteiger partial charge in [-0.15, -0.1) is 0 Å². The highest BCUT2D eigenvalue weighted by Crippen LogP contribution is 2.25. The summed E-state index contributed by atoms with van der Waals surface area (Å²) in [6.07, 6.45) is 5.04. The molecule has 1 aromatic carbocycles. The van der Waals surface area contributed by atoms with Gasteiger partial charge in [-0.3, -0.25) is 4.79 Å². The minimum Gasteiger partial charge on any atom is -0.387 e. The van der Waals surface area contributed by atoms with Crippen molar-refractivity contribution in [2.24, 2.45) is 0 Å². The number of likely N-dealkylation sites (N-methyl/N-ethyl adjacent to an activating group) is 1. The molecule has 128 valence electrons. The zero-order valence-corrected chi connectivity index (χ0v) is 14.2. The summed E-state index contributed by atoms with van der Waals surface area (Å²) in [6.45, 7) is 1.58. The molecule has 0 unspecified atom stereocenters. The Morgan fingerprint density at radius 1 is 1.33 bits per heavy atom. The minimum atomic E-state index is -0.849. The molecule has 0 bridgehead atoms. The van der Waals surface area contributed by atoms with Gasteiger partial charge in [0.15, 0.2) is 0 Å². The molecule has 3 rings (SSSR count). The Bertz CT molecular complexity index is 699. The molecule has 0 saturated carbocycles. The van der Waals surface area contributed by atoms with Gasteiger partial charge >= 0.3 is 0 Å². The van der Waals surface area contributed by atoms with Gasteiger partial charge in [-0.2, -0.15) is 5.10 Å². The average Bonchev–Trinajstić information content (AvgIpc) is 3.07. The predicted octanol–water partition coefficient (Wildman–Crippen LogP) is 1.40. The molecule has 1 aliphatic rings. The number of nitrogens with zero attached hydrogens (tertiary/aromatic N) is 4. The van der Waals surface area contributed by atoms with Crippen LogP contribution in [0.4, 0.5) is 0 Å². The van der Waals surface area contributed by atoms with Crippen molar-refractivity contribution in [1.29, 1.82) is 0 Å². The molecule has 1 amide bonds. The number of likely N-dealkylation sites (tertiary alicyclic amines) is 1. The number of carbonyl (C=O) groups excluding carboxylic acids is 1. The highest BCUT2D eigenvalue weighted by Gasteiger charge is 2.36. The summed E-state index contributed by atoms with van der Waals surface area (Å²) in [6, 6.07) is 9.29. The molecule has 24 heavy (non-hydrogen) atoms. The smallest absolute Gasteiger partial charge is 0.256 e. The van der Waals surface area contributed by atoms with E-state index in [0.29, 0.717) is 25.2 Å². The van der Waals surface area contributed by atoms with Gasteiger partial charge in [-0.25, -0.2) is 4.68 Å². The van der Waals surface area contributed by atoms with Crippen LogP contribution in [0.1, 0.15) is 23.2 Å². The van der Waals surface area contributed by atoms with Crippen molar-refractivity contribution in [3.05, 3.63) is 48.3 Å². The first-order valence-electron chi connectivity index (χ1n) is 8.24. The van der Waals surface area contributed by atoms with Crippen molar-refractivity contribution >= 4 is 5.91 Å². The number of amides is 1. The molecule has 6 heteroatoms. The van der Waals surface area contributed by atoms with E-state index in [1.807, 2.05) is 55.5 Å². The van der Waals surface area contributed by atoms with Crippen LogP contribution in [0.25, 0.3) is 5.69 Å². The fourth-order valence-corrected chi connectivity index (χ4v) is 3.44. The van der Waals surface area contributed by atoms with Gasteiger partial charge in [0, 0.05) is 25.5 Å². The third kappa shape index (κ3) is 3.49. The van der Waals surface area contributed by atoms with E-state index < -0.39 is 5.60 Å². The van der Waals surface area contributed by atoms with E-state index >= 15 is 0 Å². The second-order valence-electron chi connectivity index (χ2n) is 6.76. The summed E-state index contributed by atoms with van der Waals surface area (Å²) in [4.78, 5) is 16.8. The van der Waals surface area contributed by atoms with Crippen LogP contribution in [-0.4, -0.2) is 69.9 Å². The minimum absolute atomic E-state index is 0.0574. The van der Waals surface area contributed by atoms with Crippen molar-refractivity contribution in [2.45, 2.75) is 18.4 Å². The van der Waals surface area contributed by atoms with E-state index in [1.165, 1.54) is 0 Å². The van der Waals surface area contributed by atoms with Crippen LogP contribution in [0.2, 0.25) is 0 Å². The summed E-state index contributed by atoms with van der Waals surface area (Å²) in [5.74, 6) is -0.0574. The summed E-state index contributed by atoms with van der Waals surface area (Å²) in [7, 11) is 3.87. The Balaban J connectivity index is 1.85. The van der Waals surface area contributed by atoms with Gasteiger partial charge in [-0.1, -0.05) is 12.1 Å². The molecule has 6 nitrogen and oxygen atoms in total. The molecule has 0 radical (unpaired) electrons. The second kappa shape index (κ2) is 6.75. The Kier molecular flexibility index (Phi) is 4.69. The monoisotopic (exact) mass is 328 g/mol. The van der Waals surface area contributed by atoms with Crippen LogP contribution >= 0.6 is 0 Å². The van der Waals surface area contributed by atoms with Crippen LogP contribution in [0.15, 0.2) is 42.7 Å². The summed E-state index contributed by atoms with van der Waals surface area (Å²) >= 11 is 0. The molecule has 2 heterocycles. The van der Waals surface area contributed by atoms with Crippen LogP contribution in [-0.2, 0) is 0 Å². The number of aromatic nitrogens is 2. The van der Waals surface area contributed by atoms with E-state index in [0.717, 1.165) is 18.5 Å². The summed E-state index contributed by atoms with van der Waals surface area (Å²) < 4.78 is 1.70. The van der Waals surface area contributed by atoms with Gasteiger partial charge in [0.2, 0.25) is 0 Å². The highest BCUT2D eigenvalue weighted by molar-refractivity contribution is 5.97. The molecule has 1 saturated heterocycles. The van der Waals surface area contributed by atoms with E-state index in [2.05, 4.69) is 5.10 Å². The molecule has 0 spiro atoms. The molecule has 1 aromatic heterocycles. The average molecular weight is 328 g/mol. The van der Waals surface area contributed by atoms with E-state index in [1.54, 1.807) is 15.8 Å². The number of hydrogen-bond acceptors (Lipinski definition) is 4. The second-order valence-corrected chi connectivity index (χ2v) is 6.76. The Morgan fingerprint density at radius 2 is 2.12 bits per heavy atom. The maximum atomic E-state index is 13.0. The molecule has 1 atom stereocenters. The Morgan fingerprint density at radius 3 is 2.83 bits per heavy atom. The maximum absolute atomic E-state index is 13.0. The largest absolute Gasteiger partial charge is 0.387 e. The first kappa shape index (κ1) is 16.7. The molecule has 0 aliphatic carbocycles. The number of benzene rings is 1. The van der Waals surface area contributed by atoms with Crippen molar-refractivity contribution in [3.8, 4) is 5.69 Å². The van der Waals surface area contributed by atoms with Gasteiger partial charge in [-0.05, 0) is 45.1 Å². The number of aliphatic hydroxyl groups is 1. The molecule has 1 fully saturated rings. The fourth-order valence-electron chi connectivity index (χ4n) is 3.44. The van der Waals surface area contributed by atoms with Crippen LogP contribution in [0.5, 0.6) is 0 Å². The third-order valence-corrected chi connectivity index (χ3v) is 4.34. The number of rotatable bonds is 4. The first-order valence-corrected chi connectivity index (χ1v) is 8.24. The molecular weight excluding hydrogens is 304 g/mol. The van der Waals surface area contributed by atoms with Crippen LogP contribution in [0.3, 0.4) is 0 Å². The zero-order chi connectivity index (χ0) is 17.2. The molecule has 2 aromatic rings. The van der Waals surface area contributed by atoms with Crippen molar-refractivity contribution < 1.29 is 9.90 Å². The van der Waals surface area contributed by atoms with Crippen LogP contribution < -0.4 is 0 Å². The highest BCUT2D eigenvalue weighted by atomic mass is 16.3. The SMILES string of the molecule is CN(C)C[C@@]1(O)CCCN(C(=O)c2ccccc2-n2cccn2)C1. The van der Waals surface area contributed by atoms with Crippen molar-refractivity contribution in [3.63, 3.8) is 0 Å². The number of carbonyl (C=O) groups is 1. The number of β-amino-alcohol motifs (C(OH)–C–C–N with tert-alkyl or cyclic N) is 1. The summed E-state index contributed by atoms with van der Waals surface area (Å²) in [5.41, 5.74) is 0.516. The lowest BCUT2D eigenvalue weighted by molar-refractivity contribution is -0.0391. The fraction of sp³-hybridized carbons (Fsp3) is 0.444. The quantitative estimate of drug-likeness (QED) is 0.922. The summed E-state index contributed by atoms with van der Waals surface area (Å²) in [5, 5.41) is 15.0.